The van der Waals surface area contributed by atoms with Crippen LogP contribution >= 0.6 is 0 Å². The fourth-order valence-electron chi connectivity index (χ4n) is 2.64. The Morgan fingerprint density at radius 3 is 2.26 bits per heavy atom. The number of anilines is 1. The average molecular weight is 313 g/mol. The van der Waals surface area contributed by atoms with Crippen molar-refractivity contribution in [3.05, 3.63) is 52.6 Å². The van der Waals surface area contributed by atoms with Crippen LogP contribution in [0, 0.1) is 27.7 Å². The summed E-state index contributed by atoms with van der Waals surface area (Å²) >= 11 is 0. The van der Waals surface area contributed by atoms with Gasteiger partial charge in [-0.25, -0.2) is 0 Å². The van der Waals surface area contributed by atoms with Gasteiger partial charge in [0.2, 0.25) is 0 Å². The predicted molar refractivity (Wildman–Crippen MR) is 92.5 cm³/mol. The van der Waals surface area contributed by atoms with Gasteiger partial charge < -0.3 is 14.8 Å². The Balaban J connectivity index is 2.05. The molecule has 0 saturated carbocycles. The number of hydrogen-bond donors (Lipinski definition) is 1. The molecule has 0 atom stereocenters. The summed E-state index contributed by atoms with van der Waals surface area (Å²) in [6.07, 6.45) is 0. The lowest BCUT2D eigenvalue weighted by Crippen LogP contribution is -2.21. The van der Waals surface area contributed by atoms with E-state index in [4.69, 9.17) is 9.47 Å². The van der Waals surface area contributed by atoms with Crippen LogP contribution in [-0.4, -0.2) is 19.6 Å². The highest BCUT2D eigenvalue weighted by atomic mass is 16.5. The molecule has 0 spiro atoms. The summed E-state index contributed by atoms with van der Waals surface area (Å²) in [4.78, 5) is 12.2. The minimum absolute atomic E-state index is 0.0398. The number of carbonyl (C=O) groups excluding carboxylic acids is 1. The van der Waals surface area contributed by atoms with E-state index in [-0.39, 0.29) is 12.5 Å². The molecule has 4 heteroatoms. The van der Waals surface area contributed by atoms with Crippen LogP contribution in [0.25, 0.3) is 0 Å². The second-order valence-corrected chi connectivity index (χ2v) is 5.77. The maximum absolute atomic E-state index is 12.2. The molecular weight excluding hydrogens is 290 g/mol. The minimum Gasteiger partial charge on any atom is -0.495 e. The molecule has 23 heavy (non-hydrogen) atoms. The Labute approximate surface area is 137 Å². The quantitative estimate of drug-likeness (QED) is 0.909. The van der Waals surface area contributed by atoms with Crippen LogP contribution in [0.4, 0.5) is 5.69 Å². The van der Waals surface area contributed by atoms with Gasteiger partial charge in [0, 0.05) is 0 Å². The second-order valence-electron chi connectivity index (χ2n) is 5.77. The van der Waals surface area contributed by atoms with Crippen molar-refractivity contribution in [2.75, 3.05) is 19.0 Å². The molecule has 0 unspecified atom stereocenters. The summed E-state index contributed by atoms with van der Waals surface area (Å²) < 4.78 is 11.0. The Kier molecular flexibility index (Phi) is 5.27. The van der Waals surface area contributed by atoms with E-state index in [1.54, 1.807) is 7.11 Å². The molecule has 1 N–H and O–H groups in total. The highest BCUT2D eigenvalue weighted by Gasteiger charge is 2.11. The third-order valence-corrected chi connectivity index (χ3v) is 3.58. The third-order valence-electron chi connectivity index (χ3n) is 3.58. The zero-order valence-corrected chi connectivity index (χ0v) is 14.3. The molecule has 0 aromatic heterocycles. The number of hydrogen-bond acceptors (Lipinski definition) is 3. The first-order valence-electron chi connectivity index (χ1n) is 7.56. The molecule has 0 saturated heterocycles. The number of nitrogens with one attached hydrogen (secondary N) is 1. The van der Waals surface area contributed by atoms with Crippen molar-refractivity contribution < 1.29 is 14.3 Å². The molecule has 122 valence electrons. The zero-order chi connectivity index (χ0) is 17.0. The first-order chi connectivity index (χ1) is 10.9. The number of rotatable bonds is 5. The van der Waals surface area contributed by atoms with E-state index < -0.39 is 0 Å². The van der Waals surface area contributed by atoms with E-state index in [2.05, 4.69) is 5.32 Å². The molecule has 0 radical (unpaired) electrons. The number of carbonyl (C=O) groups is 1. The first-order valence-corrected chi connectivity index (χ1v) is 7.56. The van der Waals surface area contributed by atoms with E-state index >= 15 is 0 Å². The minimum atomic E-state index is -0.215. The van der Waals surface area contributed by atoms with Crippen LogP contribution in [0.5, 0.6) is 11.5 Å². The lowest BCUT2D eigenvalue weighted by atomic mass is 10.1. The van der Waals surface area contributed by atoms with Gasteiger partial charge in [0.25, 0.3) is 5.91 Å². The van der Waals surface area contributed by atoms with Crippen LogP contribution in [0.1, 0.15) is 22.3 Å². The second kappa shape index (κ2) is 7.18. The van der Waals surface area contributed by atoms with Crippen molar-refractivity contribution in [1.29, 1.82) is 0 Å². The van der Waals surface area contributed by atoms with Crippen LogP contribution in [0.3, 0.4) is 0 Å². The molecule has 0 aliphatic heterocycles. The van der Waals surface area contributed by atoms with Crippen LogP contribution in [0.15, 0.2) is 30.3 Å². The summed E-state index contributed by atoms with van der Waals surface area (Å²) in [5.74, 6) is 1.18. The number of aryl methyl sites for hydroxylation is 4. The van der Waals surface area contributed by atoms with Gasteiger partial charge in [-0.2, -0.15) is 0 Å². The van der Waals surface area contributed by atoms with E-state index in [1.807, 2.05) is 58.0 Å². The maximum Gasteiger partial charge on any atom is 0.262 e. The van der Waals surface area contributed by atoms with Gasteiger partial charge >= 0.3 is 0 Å². The largest absolute Gasteiger partial charge is 0.495 e. The highest BCUT2D eigenvalue weighted by Crippen LogP contribution is 2.26. The molecule has 1 amide bonds. The number of methoxy groups -OCH3 is 1. The third kappa shape index (κ3) is 4.25. The van der Waals surface area contributed by atoms with Gasteiger partial charge in [0.15, 0.2) is 6.61 Å². The van der Waals surface area contributed by atoms with E-state index in [0.717, 1.165) is 22.4 Å². The normalized spacial score (nSPS) is 10.3. The Morgan fingerprint density at radius 1 is 1.00 bits per heavy atom. The molecule has 2 aromatic rings. The van der Waals surface area contributed by atoms with Crippen LogP contribution in [-0.2, 0) is 4.79 Å². The van der Waals surface area contributed by atoms with Gasteiger partial charge in [0.05, 0.1) is 12.8 Å². The fourth-order valence-corrected chi connectivity index (χ4v) is 2.64. The summed E-state index contributed by atoms with van der Waals surface area (Å²) in [5.41, 5.74) is 4.94. The number of amides is 1. The van der Waals surface area contributed by atoms with Crippen molar-refractivity contribution in [2.45, 2.75) is 27.7 Å². The monoisotopic (exact) mass is 313 g/mol. The van der Waals surface area contributed by atoms with Crippen molar-refractivity contribution >= 4 is 11.6 Å². The Morgan fingerprint density at radius 2 is 1.65 bits per heavy atom. The van der Waals surface area contributed by atoms with E-state index in [0.29, 0.717) is 11.4 Å². The summed E-state index contributed by atoms with van der Waals surface area (Å²) in [6, 6.07) is 9.73. The maximum atomic E-state index is 12.2. The summed E-state index contributed by atoms with van der Waals surface area (Å²) in [7, 11) is 1.58. The number of benzene rings is 2. The highest BCUT2D eigenvalue weighted by molar-refractivity contribution is 5.93. The van der Waals surface area contributed by atoms with Crippen molar-refractivity contribution in [1.82, 2.24) is 0 Å². The summed E-state index contributed by atoms with van der Waals surface area (Å²) in [5, 5.41) is 2.83. The van der Waals surface area contributed by atoms with Crippen LogP contribution < -0.4 is 14.8 Å². The first kappa shape index (κ1) is 16.9. The van der Waals surface area contributed by atoms with Gasteiger partial charge in [-0.1, -0.05) is 23.8 Å². The molecule has 2 rings (SSSR count). The molecule has 0 aliphatic carbocycles. The fraction of sp³-hybridized carbons (Fsp3) is 0.316. The molecule has 0 aliphatic rings. The van der Waals surface area contributed by atoms with Gasteiger partial charge in [-0.05, 0) is 56.5 Å². The van der Waals surface area contributed by atoms with Gasteiger partial charge in [-0.3, -0.25) is 4.79 Å². The molecule has 0 heterocycles. The average Bonchev–Trinajstić information content (AvgIpc) is 2.46. The lowest BCUT2D eigenvalue weighted by molar-refractivity contribution is -0.118. The number of ether oxygens (including phenoxy) is 2. The smallest absolute Gasteiger partial charge is 0.262 e. The van der Waals surface area contributed by atoms with Crippen molar-refractivity contribution in [2.24, 2.45) is 0 Å². The molecule has 0 fully saturated rings. The van der Waals surface area contributed by atoms with Gasteiger partial charge in [-0.15, -0.1) is 0 Å². The SMILES string of the molecule is COc1ccc(C)cc1NC(=O)COc1c(C)cc(C)cc1C. The zero-order valence-electron chi connectivity index (χ0n) is 14.3. The van der Waals surface area contributed by atoms with E-state index in [1.165, 1.54) is 5.56 Å². The molecule has 4 nitrogen and oxygen atoms in total. The van der Waals surface area contributed by atoms with Crippen LogP contribution in [0.2, 0.25) is 0 Å². The standard InChI is InChI=1S/C19H23NO3/c1-12-6-7-17(22-5)16(10-12)20-18(21)11-23-19-14(3)8-13(2)9-15(19)4/h6-10H,11H2,1-5H3,(H,20,21). The topological polar surface area (TPSA) is 47.6 Å². The van der Waals surface area contributed by atoms with Crippen molar-refractivity contribution in [3.8, 4) is 11.5 Å². The Bertz CT molecular complexity index is 700. The molecular formula is C19H23NO3. The predicted octanol–water partition coefficient (Wildman–Crippen LogP) is 3.95. The van der Waals surface area contributed by atoms with E-state index in [9.17, 15) is 4.79 Å². The Hall–Kier alpha value is -2.49. The molecule has 0 bridgehead atoms. The summed E-state index contributed by atoms with van der Waals surface area (Å²) in [6.45, 7) is 7.93. The van der Waals surface area contributed by atoms with Crippen molar-refractivity contribution in [3.63, 3.8) is 0 Å². The van der Waals surface area contributed by atoms with Gasteiger partial charge in [0.1, 0.15) is 11.5 Å². The lowest BCUT2D eigenvalue weighted by Gasteiger charge is -2.14. The molecule has 2 aromatic carbocycles.